The van der Waals surface area contributed by atoms with Gasteiger partial charge in [0, 0.05) is 24.5 Å². The van der Waals surface area contributed by atoms with Crippen LogP contribution in [0.4, 0.5) is 0 Å². The van der Waals surface area contributed by atoms with Gasteiger partial charge in [0.05, 0.1) is 5.39 Å². The van der Waals surface area contributed by atoms with E-state index in [1.165, 1.54) is 0 Å². The highest BCUT2D eigenvalue weighted by molar-refractivity contribution is 5.89. The molecule has 0 unspecified atom stereocenters. The van der Waals surface area contributed by atoms with E-state index in [1.54, 1.807) is 19.3 Å². The number of carbonyl (C=O) groups excluding carboxylic acids is 1. The van der Waals surface area contributed by atoms with E-state index in [0.29, 0.717) is 17.9 Å². The lowest BCUT2D eigenvalue weighted by Gasteiger charge is -2.18. The largest absolute Gasteiger partial charge is 0.480 e. The smallest absolute Gasteiger partial charge is 0.339 e. The number of aryl methyl sites for hydroxylation is 2. The highest BCUT2D eigenvalue weighted by Gasteiger charge is 2.24. The molecule has 0 bridgehead atoms. The van der Waals surface area contributed by atoms with Gasteiger partial charge in [0.2, 0.25) is 0 Å². The Morgan fingerprint density at radius 3 is 2.79 bits per heavy atom. The van der Waals surface area contributed by atoms with Crippen molar-refractivity contribution in [2.75, 3.05) is 0 Å². The second-order valence-electron chi connectivity index (χ2n) is 7.17. The number of amides is 1. The number of carbonyl (C=O) groups is 1. The second kappa shape index (κ2) is 7.46. The highest BCUT2D eigenvalue weighted by Crippen LogP contribution is 2.35. The van der Waals surface area contributed by atoms with Crippen LogP contribution in [0, 0.1) is 6.92 Å². The molecule has 28 heavy (non-hydrogen) atoms. The van der Waals surface area contributed by atoms with Gasteiger partial charge in [-0.15, -0.1) is 0 Å². The van der Waals surface area contributed by atoms with Gasteiger partial charge < -0.3 is 14.5 Å². The summed E-state index contributed by atoms with van der Waals surface area (Å²) in [7, 11) is 0. The third kappa shape index (κ3) is 3.50. The maximum Gasteiger partial charge on any atom is 0.339 e. The number of aromatic nitrogens is 1. The second-order valence-corrected chi connectivity index (χ2v) is 7.17. The van der Waals surface area contributed by atoms with Crippen LogP contribution in [-0.2, 0) is 24.2 Å². The molecule has 4 rings (SSSR count). The Kier molecular flexibility index (Phi) is 4.86. The van der Waals surface area contributed by atoms with Crippen molar-refractivity contribution in [3.8, 4) is 5.75 Å². The van der Waals surface area contributed by atoms with Crippen LogP contribution in [0.1, 0.15) is 35.6 Å². The minimum absolute atomic E-state index is 0.208. The van der Waals surface area contributed by atoms with Crippen LogP contribution >= 0.6 is 0 Å². The molecule has 1 amide bonds. The molecule has 0 saturated heterocycles. The fourth-order valence-electron chi connectivity index (χ4n) is 3.68. The average molecular weight is 378 g/mol. The first-order valence-electron chi connectivity index (χ1n) is 9.45. The van der Waals surface area contributed by atoms with Gasteiger partial charge in [0.1, 0.15) is 11.3 Å². The molecule has 0 saturated carbocycles. The average Bonchev–Trinajstić information content (AvgIpc) is 3.16. The van der Waals surface area contributed by atoms with E-state index in [-0.39, 0.29) is 11.5 Å². The molecule has 144 valence electrons. The summed E-state index contributed by atoms with van der Waals surface area (Å²) in [4.78, 5) is 28.7. The zero-order valence-corrected chi connectivity index (χ0v) is 16.0. The summed E-state index contributed by atoms with van der Waals surface area (Å²) < 4.78 is 11.6. The van der Waals surface area contributed by atoms with Gasteiger partial charge >= 0.3 is 5.63 Å². The number of benzene rings is 1. The van der Waals surface area contributed by atoms with Gasteiger partial charge in [-0.25, -0.2) is 4.79 Å². The summed E-state index contributed by atoms with van der Waals surface area (Å²) in [6, 6.07) is 7.44. The van der Waals surface area contributed by atoms with Crippen molar-refractivity contribution in [1.82, 2.24) is 10.3 Å². The number of ether oxygens (including phenoxy) is 1. The van der Waals surface area contributed by atoms with Gasteiger partial charge in [-0.1, -0.05) is 0 Å². The molecule has 6 nitrogen and oxygen atoms in total. The van der Waals surface area contributed by atoms with Crippen LogP contribution in [0.5, 0.6) is 5.75 Å². The summed E-state index contributed by atoms with van der Waals surface area (Å²) in [5.74, 6) is 0.379. The summed E-state index contributed by atoms with van der Waals surface area (Å²) in [5, 5.41) is 3.69. The van der Waals surface area contributed by atoms with Crippen LogP contribution < -0.4 is 15.7 Å². The topological polar surface area (TPSA) is 81.4 Å². The van der Waals surface area contributed by atoms with Crippen molar-refractivity contribution in [2.24, 2.45) is 0 Å². The molecular formula is C22H22N2O4. The molecule has 2 heterocycles. The lowest BCUT2D eigenvalue weighted by atomic mass is 10.0. The van der Waals surface area contributed by atoms with Crippen molar-refractivity contribution in [2.45, 2.75) is 45.8 Å². The van der Waals surface area contributed by atoms with Crippen LogP contribution in [0.15, 0.2) is 45.9 Å². The van der Waals surface area contributed by atoms with Gasteiger partial charge in [0.15, 0.2) is 6.10 Å². The molecule has 0 aliphatic heterocycles. The number of nitrogens with one attached hydrogen (secondary N) is 1. The predicted molar refractivity (Wildman–Crippen MR) is 105 cm³/mol. The third-order valence-corrected chi connectivity index (χ3v) is 5.07. The molecule has 1 aromatic carbocycles. The summed E-state index contributed by atoms with van der Waals surface area (Å²) >= 11 is 0. The monoisotopic (exact) mass is 378 g/mol. The Labute approximate surface area is 162 Å². The Hall–Kier alpha value is -3.15. The molecule has 0 spiro atoms. The van der Waals surface area contributed by atoms with Crippen molar-refractivity contribution >= 4 is 16.9 Å². The fraction of sp³-hybridized carbons (Fsp3) is 0.318. The van der Waals surface area contributed by atoms with Gasteiger partial charge in [-0.05, 0) is 74.1 Å². The molecule has 0 fully saturated rings. The normalized spacial score (nSPS) is 13.9. The SMILES string of the molecule is Cc1cc(O[C@H](C)C(=O)NCc2ccncc2)c2c3c(c(=O)oc2c1)CCC3. The molecule has 1 aliphatic carbocycles. The van der Waals surface area contributed by atoms with Crippen LogP contribution in [0.2, 0.25) is 0 Å². The van der Waals surface area contributed by atoms with E-state index < -0.39 is 6.10 Å². The molecule has 3 aromatic rings. The molecule has 1 N–H and O–H groups in total. The molecule has 2 aromatic heterocycles. The Morgan fingerprint density at radius 1 is 1.25 bits per heavy atom. The number of nitrogens with zero attached hydrogens (tertiary/aromatic N) is 1. The standard InChI is InChI=1S/C22H22N2O4/c1-13-10-18(20-16-4-3-5-17(16)22(26)28-19(20)11-13)27-14(2)21(25)24-12-15-6-8-23-9-7-15/h6-11,14H,3-5,12H2,1-2H3,(H,24,25)/t14-/m1/s1. The first-order chi connectivity index (χ1) is 13.5. The molecule has 0 radical (unpaired) electrons. The van der Waals surface area contributed by atoms with Crippen molar-refractivity contribution in [1.29, 1.82) is 0 Å². The van der Waals surface area contributed by atoms with Gasteiger partial charge in [-0.3, -0.25) is 9.78 Å². The number of rotatable bonds is 5. The maximum atomic E-state index is 12.5. The Morgan fingerprint density at radius 2 is 2.00 bits per heavy atom. The van der Waals surface area contributed by atoms with E-state index in [0.717, 1.165) is 46.9 Å². The number of hydrogen-bond acceptors (Lipinski definition) is 5. The van der Waals surface area contributed by atoms with Crippen molar-refractivity contribution in [3.63, 3.8) is 0 Å². The van der Waals surface area contributed by atoms with E-state index in [2.05, 4.69) is 10.3 Å². The van der Waals surface area contributed by atoms with Gasteiger partial charge in [-0.2, -0.15) is 0 Å². The Balaban J connectivity index is 1.59. The minimum Gasteiger partial charge on any atom is -0.480 e. The van der Waals surface area contributed by atoms with Crippen LogP contribution in [-0.4, -0.2) is 17.0 Å². The molecular weight excluding hydrogens is 356 g/mol. The first kappa shape index (κ1) is 18.2. The zero-order valence-electron chi connectivity index (χ0n) is 16.0. The van der Waals surface area contributed by atoms with Crippen molar-refractivity contribution < 1.29 is 13.9 Å². The minimum atomic E-state index is -0.684. The molecule has 1 aliphatic rings. The summed E-state index contributed by atoms with van der Waals surface area (Å²) in [6.07, 6.45) is 5.16. The van der Waals surface area contributed by atoms with E-state index in [1.807, 2.05) is 31.2 Å². The lowest BCUT2D eigenvalue weighted by molar-refractivity contribution is -0.127. The molecule has 6 heteroatoms. The predicted octanol–water partition coefficient (Wildman–Crippen LogP) is 3.07. The van der Waals surface area contributed by atoms with Gasteiger partial charge in [0.25, 0.3) is 5.91 Å². The van der Waals surface area contributed by atoms with Crippen molar-refractivity contribution in [3.05, 3.63) is 69.3 Å². The number of hydrogen-bond donors (Lipinski definition) is 1. The van der Waals surface area contributed by atoms with E-state index >= 15 is 0 Å². The lowest BCUT2D eigenvalue weighted by Crippen LogP contribution is -2.36. The van der Waals surface area contributed by atoms with Crippen LogP contribution in [0.3, 0.4) is 0 Å². The zero-order chi connectivity index (χ0) is 19.7. The van der Waals surface area contributed by atoms with Crippen LogP contribution in [0.25, 0.3) is 11.0 Å². The number of pyridine rings is 1. The Bertz CT molecular complexity index is 1090. The van der Waals surface area contributed by atoms with E-state index in [4.69, 9.17) is 9.15 Å². The molecule has 1 atom stereocenters. The number of fused-ring (bicyclic) bond motifs is 3. The fourth-order valence-corrected chi connectivity index (χ4v) is 3.68. The third-order valence-electron chi connectivity index (χ3n) is 5.07. The highest BCUT2D eigenvalue weighted by atomic mass is 16.5. The summed E-state index contributed by atoms with van der Waals surface area (Å²) in [5.41, 5.74) is 3.86. The quantitative estimate of drug-likeness (QED) is 0.690. The first-order valence-corrected chi connectivity index (χ1v) is 9.45. The van der Waals surface area contributed by atoms with E-state index in [9.17, 15) is 9.59 Å². The summed E-state index contributed by atoms with van der Waals surface area (Å²) in [6.45, 7) is 4.04. The maximum absolute atomic E-state index is 12.5.